The van der Waals surface area contributed by atoms with Crippen LogP contribution in [0.25, 0.3) is 16.6 Å². The minimum absolute atomic E-state index is 0.676. The molecule has 4 heteroatoms. The number of fused-ring (bicyclic) bond motifs is 1. The molecule has 2 aromatic heterocycles. The first-order valence-electron chi connectivity index (χ1n) is 7.69. The lowest BCUT2D eigenvalue weighted by atomic mass is 10.1. The predicted octanol–water partition coefficient (Wildman–Crippen LogP) is 5.75. The topological polar surface area (TPSA) is 21.5 Å². The van der Waals surface area contributed by atoms with E-state index in [-0.39, 0.29) is 0 Å². The molecule has 0 saturated heterocycles. The molecule has 0 aliphatic carbocycles. The van der Waals surface area contributed by atoms with Crippen LogP contribution in [-0.4, -0.2) is 16.4 Å². The zero-order valence-electron chi connectivity index (χ0n) is 13.2. The highest BCUT2D eigenvalue weighted by atomic mass is 35.5. The largest absolute Gasteiger partial charge is 0.313 e. The molecule has 1 aromatic carbocycles. The minimum Gasteiger partial charge on any atom is -0.313 e. The van der Waals surface area contributed by atoms with Crippen LogP contribution < -0.4 is 0 Å². The summed E-state index contributed by atoms with van der Waals surface area (Å²) in [7, 11) is 0. The fraction of sp³-hybridized carbons (Fsp3) is 0.211. The lowest BCUT2D eigenvalue weighted by Gasteiger charge is -2.09. The second kappa shape index (κ2) is 6.81. The number of benzene rings is 1. The number of aldehydes is 1. The van der Waals surface area contributed by atoms with Gasteiger partial charge in [-0.25, -0.2) is 0 Å². The van der Waals surface area contributed by atoms with E-state index in [0.29, 0.717) is 10.7 Å². The molecule has 3 aromatic rings. The molecule has 0 bridgehead atoms. The molecule has 118 valence electrons. The summed E-state index contributed by atoms with van der Waals surface area (Å²) in [6.07, 6.45) is 3.92. The van der Waals surface area contributed by atoms with Gasteiger partial charge in [0.15, 0.2) is 6.29 Å². The average molecular weight is 344 g/mol. The molecule has 0 spiro atoms. The highest BCUT2D eigenvalue weighted by Gasteiger charge is 2.15. The molecule has 2 heterocycles. The van der Waals surface area contributed by atoms with E-state index in [4.69, 9.17) is 11.6 Å². The van der Waals surface area contributed by atoms with E-state index in [0.717, 1.165) is 40.0 Å². The summed E-state index contributed by atoms with van der Waals surface area (Å²) < 4.78 is 1.97. The van der Waals surface area contributed by atoms with Gasteiger partial charge in [-0.3, -0.25) is 4.79 Å². The van der Waals surface area contributed by atoms with Crippen LogP contribution in [0, 0.1) is 0 Å². The summed E-state index contributed by atoms with van der Waals surface area (Å²) in [5.41, 5.74) is 4.86. The Hall–Kier alpha value is -1.71. The third-order valence-corrected chi connectivity index (χ3v) is 5.11. The van der Waals surface area contributed by atoms with Crippen molar-refractivity contribution in [2.24, 2.45) is 0 Å². The Morgan fingerprint density at radius 3 is 2.65 bits per heavy atom. The van der Waals surface area contributed by atoms with Crippen molar-refractivity contribution in [2.45, 2.75) is 25.2 Å². The number of thioether (sulfide) groups is 1. The van der Waals surface area contributed by atoms with E-state index in [2.05, 4.69) is 32.0 Å². The van der Waals surface area contributed by atoms with Crippen LogP contribution in [0.4, 0.5) is 0 Å². The number of hydrogen-bond donors (Lipinski definition) is 0. The average Bonchev–Trinajstić information content (AvgIpc) is 2.93. The van der Waals surface area contributed by atoms with E-state index in [1.165, 1.54) is 5.56 Å². The third kappa shape index (κ3) is 3.04. The summed E-state index contributed by atoms with van der Waals surface area (Å²) in [5.74, 6) is 0.971. The number of halogens is 1. The number of rotatable bonds is 5. The van der Waals surface area contributed by atoms with Crippen LogP contribution in [0.15, 0.2) is 47.5 Å². The standard InChI is InChI=1S/C19H18ClNOS/c1-3-13-5-7-15-10-16(18(12-22)21(15)11-13)17-9-14(20)6-8-19(17)23-4-2/h5-12H,3-4H2,1-2H3. The SMILES string of the molecule is CCSc1ccc(Cl)cc1-c1cc2ccc(CC)cn2c1C=O. The lowest BCUT2D eigenvalue weighted by molar-refractivity contribution is 0.111. The summed E-state index contributed by atoms with van der Waals surface area (Å²) >= 11 is 7.96. The smallest absolute Gasteiger partial charge is 0.167 e. The fourth-order valence-corrected chi connectivity index (χ4v) is 3.74. The molecule has 0 saturated carbocycles. The Morgan fingerprint density at radius 2 is 1.96 bits per heavy atom. The van der Waals surface area contributed by atoms with E-state index in [1.54, 1.807) is 11.8 Å². The monoisotopic (exact) mass is 343 g/mol. The molecule has 0 radical (unpaired) electrons. The molecule has 0 N–H and O–H groups in total. The van der Waals surface area contributed by atoms with E-state index in [1.807, 2.05) is 28.8 Å². The summed E-state index contributed by atoms with van der Waals surface area (Å²) in [5, 5.41) is 0.682. The Kier molecular flexibility index (Phi) is 4.79. The van der Waals surface area contributed by atoms with E-state index >= 15 is 0 Å². The van der Waals surface area contributed by atoms with Crippen LogP contribution in [0.1, 0.15) is 29.9 Å². The van der Waals surface area contributed by atoms with E-state index in [9.17, 15) is 4.79 Å². The van der Waals surface area contributed by atoms with Crippen molar-refractivity contribution < 1.29 is 4.79 Å². The van der Waals surface area contributed by atoms with Crippen molar-refractivity contribution in [1.29, 1.82) is 0 Å². The maximum Gasteiger partial charge on any atom is 0.167 e. The third-order valence-electron chi connectivity index (χ3n) is 3.92. The molecule has 0 aliphatic heterocycles. The molecule has 0 unspecified atom stereocenters. The van der Waals surface area contributed by atoms with Crippen molar-refractivity contribution >= 4 is 35.2 Å². The summed E-state index contributed by atoms with van der Waals surface area (Å²) in [4.78, 5) is 12.9. The fourth-order valence-electron chi connectivity index (χ4n) is 2.77. The van der Waals surface area contributed by atoms with Gasteiger partial charge in [0.25, 0.3) is 0 Å². The molecule has 23 heavy (non-hydrogen) atoms. The van der Waals surface area contributed by atoms with Gasteiger partial charge in [-0.05, 0) is 53.6 Å². The van der Waals surface area contributed by atoms with Crippen molar-refractivity contribution in [3.63, 3.8) is 0 Å². The van der Waals surface area contributed by atoms with Crippen LogP contribution in [0.3, 0.4) is 0 Å². The zero-order valence-corrected chi connectivity index (χ0v) is 14.7. The number of aryl methyl sites for hydroxylation is 1. The van der Waals surface area contributed by atoms with Crippen LogP contribution >= 0.6 is 23.4 Å². The van der Waals surface area contributed by atoms with Gasteiger partial charge in [-0.1, -0.05) is 31.5 Å². The summed E-state index contributed by atoms with van der Waals surface area (Å²) in [6, 6.07) is 12.1. The molecular formula is C19H18ClNOS. The van der Waals surface area contributed by atoms with E-state index < -0.39 is 0 Å². The Morgan fingerprint density at radius 1 is 1.13 bits per heavy atom. The first-order valence-corrected chi connectivity index (χ1v) is 9.06. The second-order valence-electron chi connectivity index (χ2n) is 5.32. The molecule has 3 rings (SSSR count). The van der Waals surface area contributed by atoms with Crippen LogP contribution in [0.2, 0.25) is 5.02 Å². The molecule has 0 atom stereocenters. The molecule has 0 amide bonds. The number of pyridine rings is 1. The van der Waals surface area contributed by atoms with Gasteiger partial charge in [-0.15, -0.1) is 11.8 Å². The maximum atomic E-state index is 11.8. The van der Waals surface area contributed by atoms with Gasteiger partial charge < -0.3 is 4.40 Å². The number of nitrogens with zero attached hydrogens (tertiary/aromatic N) is 1. The van der Waals surface area contributed by atoms with Gasteiger partial charge >= 0.3 is 0 Å². The normalized spacial score (nSPS) is 11.1. The number of carbonyl (C=O) groups excluding carboxylic acids is 1. The maximum absolute atomic E-state index is 11.8. The Bertz CT molecular complexity index is 869. The van der Waals surface area contributed by atoms with Crippen LogP contribution in [-0.2, 0) is 6.42 Å². The lowest BCUT2D eigenvalue weighted by Crippen LogP contribution is -1.95. The molecule has 0 fully saturated rings. The molecule has 2 nitrogen and oxygen atoms in total. The van der Waals surface area contributed by atoms with Gasteiger partial charge in [0.1, 0.15) is 0 Å². The van der Waals surface area contributed by atoms with Gasteiger partial charge in [0, 0.05) is 27.2 Å². The number of carbonyl (C=O) groups is 1. The van der Waals surface area contributed by atoms with Crippen molar-refractivity contribution in [3.8, 4) is 11.1 Å². The minimum atomic E-state index is 0.676. The Balaban J connectivity index is 2.28. The number of aromatic nitrogens is 1. The Labute approximate surface area is 145 Å². The van der Waals surface area contributed by atoms with Crippen molar-refractivity contribution in [3.05, 3.63) is 58.9 Å². The van der Waals surface area contributed by atoms with Crippen molar-refractivity contribution in [2.75, 3.05) is 5.75 Å². The highest BCUT2D eigenvalue weighted by Crippen LogP contribution is 2.36. The first kappa shape index (κ1) is 16.2. The second-order valence-corrected chi connectivity index (χ2v) is 7.06. The van der Waals surface area contributed by atoms with Crippen LogP contribution in [0.5, 0.6) is 0 Å². The van der Waals surface area contributed by atoms with Gasteiger partial charge in [0.05, 0.1) is 5.69 Å². The summed E-state index contributed by atoms with van der Waals surface area (Å²) in [6.45, 7) is 4.23. The highest BCUT2D eigenvalue weighted by molar-refractivity contribution is 7.99. The van der Waals surface area contributed by atoms with Gasteiger partial charge in [-0.2, -0.15) is 0 Å². The van der Waals surface area contributed by atoms with Gasteiger partial charge in [0.2, 0.25) is 0 Å². The first-order chi connectivity index (χ1) is 11.2. The zero-order chi connectivity index (χ0) is 16.4. The number of hydrogen-bond acceptors (Lipinski definition) is 2. The predicted molar refractivity (Wildman–Crippen MR) is 99.0 cm³/mol. The quantitative estimate of drug-likeness (QED) is 0.434. The van der Waals surface area contributed by atoms with Crippen molar-refractivity contribution in [1.82, 2.24) is 4.40 Å². The molecular weight excluding hydrogens is 326 g/mol. The molecule has 0 aliphatic rings.